The van der Waals surface area contributed by atoms with Crippen LogP contribution < -0.4 is 9.80 Å². The third kappa shape index (κ3) is 4.94. The molecule has 0 saturated carbocycles. The molecule has 0 unspecified atom stereocenters. The van der Waals surface area contributed by atoms with Gasteiger partial charge < -0.3 is 9.80 Å². The van der Waals surface area contributed by atoms with Gasteiger partial charge in [0.1, 0.15) is 11.6 Å². The summed E-state index contributed by atoms with van der Waals surface area (Å²) in [5, 5.41) is 9.51. The number of piperidine rings is 1. The number of carbonyl (C=O) groups is 2. The summed E-state index contributed by atoms with van der Waals surface area (Å²) in [7, 11) is 0. The minimum Gasteiger partial charge on any atom is -0.372 e. The molecule has 1 aromatic heterocycles. The van der Waals surface area contributed by atoms with Crippen molar-refractivity contribution >= 4 is 34.9 Å². The van der Waals surface area contributed by atoms with Crippen LogP contribution in [0.5, 0.6) is 0 Å². The molecule has 0 atom stereocenters. The number of benzene rings is 2. The van der Waals surface area contributed by atoms with E-state index >= 15 is 0 Å². The molecule has 210 valence electrons. The first-order chi connectivity index (χ1) is 19.9. The molecule has 3 aliphatic rings. The van der Waals surface area contributed by atoms with Gasteiger partial charge in [-0.25, -0.2) is 9.69 Å². The maximum atomic E-state index is 14.0. The normalized spacial score (nSPS) is 18.9. The second-order valence-corrected chi connectivity index (χ2v) is 11.5. The molecule has 4 heterocycles. The lowest BCUT2D eigenvalue weighted by atomic mass is 9.85. The van der Waals surface area contributed by atoms with Crippen LogP contribution in [0.1, 0.15) is 43.7 Å². The van der Waals surface area contributed by atoms with E-state index in [-0.39, 0.29) is 11.9 Å². The molecule has 0 bridgehead atoms. The minimum atomic E-state index is -0.866. The molecule has 3 aromatic rings. The number of halogens is 1. The van der Waals surface area contributed by atoms with Gasteiger partial charge in [-0.15, -0.1) is 0 Å². The summed E-state index contributed by atoms with van der Waals surface area (Å²) in [6, 6.07) is 17.6. The first-order valence-electron chi connectivity index (χ1n) is 14.3. The Hall–Kier alpha value is -3.93. The number of pyridine rings is 1. The third-order valence-corrected chi connectivity index (χ3v) is 9.05. The molecule has 9 heteroatoms. The monoisotopic (exact) mass is 568 g/mol. The highest BCUT2D eigenvalue weighted by Gasteiger charge is 2.58. The number of aromatic nitrogens is 1. The van der Waals surface area contributed by atoms with E-state index in [1.165, 1.54) is 35.2 Å². The molecular formula is C32H33ClN6O2. The van der Waals surface area contributed by atoms with E-state index < -0.39 is 5.54 Å². The number of nitrogens with zero attached hydrogens (tertiary/aromatic N) is 6. The number of anilines is 2. The van der Waals surface area contributed by atoms with Crippen molar-refractivity contribution < 1.29 is 9.59 Å². The molecule has 1 spiro atoms. The van der Waals surface area contributed by atoms with Crippen LogP contribution in [0.25, 0.3) is 11.1 Å². The minimum absolute atomic E-state index is 0.207. The first-order valence-corrected chi connectivity index (χ1v) is 14.7. The van der Waals surface area contributed by atoms with E-state index in [0.29, 0.717) is 35.7 Å². The lowest BCUT2D eigenvalue weighted by Crippen LogP contribution is -2.56. The molecule has 3 fully saturated rings. The Kier molecular flexibility index (Phi) is 7.41. The molecule has 6 rings (SSSR count). The summed E-state index contributed by atoms with van der Waals surface area (Å²) in [5.41, 5.74) is 4.00. The highest BCUT2D eigenvalue weighted by molar-refractivity contribution is 6.36. The highest BCUT2D eigenvalue weighted by atomic mass is 35.5. The van der Waals surface area contributed by atoms with Crippen molar-refractivity contribution in [1.82, 2.24) is 14.8 Å². The van der Waals surface area contributed by atoms with Crippen molar-refractivity contribution in [2.45, 2.75) is 44.7 Å². The number of carbonyl (C=O) groups excluding carboxylic acids is 2. The zero-order valence-corrected chi connectivity index (χ0v) is 24.0. The number of likely N-dealkylation sites (tertiary alicyclic amines) is 1. The maximum absolute atomic E-state index is 14.0. The highest BCUT2D eigenvalue weighted by Crippen LogP contribution is 2.42. The molecule has 2 aromatic carbocycles. The Morgan fingerprint density at radius 2 is 1.68 bits per heavy atom. The van der Waals surface area contributed by atoms with Crippen LogP contribution in [-0.4, -0.2) is 65.0 Å². The Bertz CT molecular complexity index is 1500. The zero-order valence-electron chi connectivity index (χ0n) is 23.2. The van der Waals surface area contributed by atoms with Gasteiger partial charge in [-0.1, -0.05) is 29.8 Å². The van der Waals surface area contributed by atoms with Crippen LogP contribution in [0, 0.1) is 11.3 Å². The number of urea groups is 1. The number of imide groups is 1. The molecular weight excluding hydrogens is 536 g/mol. The van der Waals surface area contributed by atoms with Crippen molar-refractivity contribution in [3.63, 3.8) is 0 Å². The average Bonchev–Trinajstić information content (AvgIpc) is 3.61. The van der Waals surface area contributed by atoms with E-state index in [2.05, 4.69) is 45.1 Å². The summed E-state index contributed by atoms with van der Waals surface area (Å²) in [4.78, 5) is 39.6. The molecule has 0 N–H and O–H groups in total. The predicted octanol–water partition coefficient (Wildman–Crippen LogP) is 5.70. The maximum Gasteiger partial charge on any atom is 0.332 e. The molecule has 3 aliphatic heterocycles. The number of hydrogen-bond donors (Lipinski definition) is 0. The fourth-order valence-corrected chi connectivity index (χ4v) is 6.77. The Balaban J connectivity index is 1.17. The van der Waals surface area contributed by atoms with E-state index in [9.17, 15) is 14.9 Å². The van der Waals surface area contributed by atoms with E-state index in [4.69, 9.17) is 11.6 Å². The van der Waals surface area contributed by atoms with Gasteiger partial charge in [0.05, 0.1) is 16.3 Å². The topological polar surface area (TPSA) is 83.8 Å². The number of nitriles is 1. The number of hydrogen-bond acceptors (Lipinski definition) is 6. The fourth-order valence-electron chi connectivity index (χ4n) is 6.50. The predicted molar refractivity (Wildman–Crippen MR) is 160 cm³/mol. The third-order valence-electron chi connectivity index (χ3n) is 8.74. The Labute approximate surface area is 245 Å². The van der Waals surface area contributed by atoms with Crippen LogP contribution in [0.2, 0.25) is 5.02 Å². The summed E-state index contributed by atoms with van der Waals surface area (Å²) in [6.45, 7) is 6.91. The van der Waals surface area contributed by atoms with E-state index in [1.54, 1.807) is 35.4 Å². The second-order valence-electron chi connectivity index (χ2n) is 11.1. The Morgan fingerprint density at radius 1 is 0.951 bits per heavy atom. The summed E-state index contributed by atoms with van der Waals surface area (Å²) in [6.07, 6.45) is 6.83. The quantitative estimate of drug-likeness (QED) is 0.355. The van der Waals surface area contributed by atoms with E-state index in [0.717, 1.165) is 43.9 Å². The van der Waals surface area contributed by atoms with Crippen LogP contribution in [-0.2, 0) is 11.3 Å². The smallest absolute Gasteiger partial charge is 0.332 e. The fraction of sp³-hybridized carbons (Fsp3) is 0.375. The van der Waals surface area contributed by atoms with E-state index in [1.807, 2.05) is 6.92 Å². The van der Waals surface area contributed by atoms with Crippen molar-refractivity contribution in [2.75, 3.05) is 42.5 Å². The van der Waals surface area contributed by atoms with Crippen molar-refractivity contribution in [3.8, 4) is 17.2 Å². The largest absolute Gasteiger partial charge is 0.372 e. The number of likely N-dealkylation sites (N-methyl/N-ethyl adjacent to an activating group) is 1. The van der Waals surface area contributed by atoms with Crippen molar-refractivity contribution in [2.24, 2.45) is 0 Å². The molecule has 0 aliphatic carbocycles. The molecule has 41 heavy (non-hydrogen) atoms. The molecule has 0 radical (unpaired) electrons. The van der Waals surface area contributed by atoms with Crippen molar-refractivity contribution in [1.29, 1.82) is 5.26 Å². The van der Waals surface area contributed by atoms with Crippen LogP contribution in [0.4, 0.5) is 16.2 Å². The molecule has 3 saturated heterocycles. The van der Waals surface area contributed by atoms with Crippen LogP contribution in [0.15, 0.2) is 60.9 Å². The van der Waals surface area contributed by atoms with Gasteiger partial charge in [0, 0.05) is 62.9 Å². The lowest BCUT2D eigenvalue weighted by Gasteiger charge is -2.41. The van der Waals surface area contributed by atoms with Gasteiger partial charge in [0.2, 0.25) is 0 Å². The van der Waals surface area contributed by atoms with Gasteiger partial charge in [0.25, 0.3) is 5.91 Å². The van der Waals surface area contributed by atoms with Crippen LogP contribution >= 0.6 is 11.6 Å². The zero-order chi connectivity index (χ0) is 28.6. The lowest BCUT2D eigenvalue weighted by molar-refractivity contribution is -0.127. The second kappa shape index (κ2) is 11.2. The molecule has 8 nitrogen and oxygen atoms in total. The van der Waals surface area contributed by atoms with Gasteiger partial charge >= 0.3 is 6.03 Å². The SMILES string of the molecule is CCN1C(=O)N(c2ccc(-c3cncc(C#N)c3)cc2Cl)C(=O)C12CCN(Cc1ccc(N3CCCC3)cc1)CC2. The summed E-state index contributed by atoms with van der Waals surface area (Å²) < 4.78 is 0. The van der Waals surface area contributed by atoms with Gasteiger partial charge in [-0.3, -0.25) is 14.7 Å². The van der Waals surface area contributed by atoms with Crippen molar-refractivity contribution in [3.05, 3.63) is 77.1 Å². The standard InChI is InChI=1S/C32H33ClN6O2/c1-2-38-31(41)39(29-10-7-25(18-28(29)33)26-17-24(19-34)20-35-21-26)30(40)32(38)11-15-36(16-12-32)22-23-5-8-27(9-6-23)37-13-3-4-14-37/h5-10,17-18,20-21H,2-4,11-16,22H2,1H3. The Morgan fingerprint density at radius 3 is 2.34 bits per heavy atom. The first kappa shape index (κ1) is 27.3. The van der Waals surface area contributed by atoms with Gasteiger partial charge in [-0.05, 0) is 74.1 Å². The van der Waals surface area contributed by atoms with Gasteiger partial charge in [0.15, 0.2) is 0 Å². The van der Waals surface area contributed by atoms with Gasteiger partial charge in [-0.2, -0.15) is 5.26 Å². The summed E-state index contributed by atoms with van der Waals surface area (Å²) >= 11 is 6.69. The number of rotatable bonds is 6. The van der Waals surface area contributed by atoms with Crippen LogP contribution in [0.3, 0.4) is 0 Å². The summed E-state index contributed by atoms with van der Waals surface area (Å²) in [5.74, 6) is -0.207. The number of amides is 3. The molecule has 3 amide bonds. The average molecular weight is 569 g/mol.